The number of anilines is 1. The number of methoxy groups -OCH3 is 1. The fourth-order valence-corrected chi connectivity index (χ4v) is 5.52. The van der Waals surface area contributed by atoms with Gasteiger partial charge in [-0.1, -0.05) is 66.7 Å². The van der Waals surface area contributed by atoms with E-state index in [-0.39, 0.29) is 23.5 Å². The smallest absolute Gasteiger partial charge is 0.258 e. The molecule has 6 nitrogen and oxygen atoms in total. The SMILES string of the molecule is COc1ccc(C)cc1NC(=O)c1cc(S(=O)(=O)N(CCc2ccccc2)Cc2ccccc2)ccc1F. The molecule has 4 aromatic carbocycles. The van der Waals surface area contributed by atoms with Crippen molar-refractivity contribution in [3.05, 3.63) is 125 Å². The molecule has 1 amide bonds. The number of sulfonamides is 1. The molecule has 0 aliphatic rings. The average Bonchev–Trinajstić information content (AvgIpc) is 2.92. The molecule has 1 N–H and O–H groups in total. The molecule has 8 heteroatoms. The van der Waals surface area contributed by atoms with Crippen LogP contribution in [0.15, 0.2) is 102 Å². The van der Waals surface area contributed by atoms with Crippen molar-refractivity contribution in [3.8, 4) is 5.75 Å². The van der Waals surface area contributed by atoms with Crippen LogP contribution in [0, 0.1) is 12.7 Å². The first-order chi connectivity index (χ1) is 18.3. The molecule has 0 saturated heterocycles. The highest BCUT2D eigenvalue weighted by Gasteiger charge is 2.27. The molecule has 0 radical (unpaired) electrons. The van der Waals surface area contributed by atoms with Crippen molar-refractivity contribution in [2.45, 2.75) is 24.8 Å². The summed E-state index contributed by atoms with van der Waals surface area (Å²) in [6.45, 7) is 2.19. The van der Waals surface area contributed by atoms with Crippen LogP contribution in [-0.4, -0.2) is 32.3 Å². The molecule has 0 spiro atoms. The molecule has 0 saturated carbocycles. The number of benzene rings is 4. The van der Waals surface area contributed by atoms with E-state index in [9.17, 15) is 17.6 Å². The second-order valence-corrected chi connectivity index (χ2v) is 10.8. The van der Waals surface area contributed by atoms with Crippen LogP contribution < -0.4 is 10.1 Å². The second-order valence-electron chi connectivity index (χ2n) is 8.86. The Labute approximate surface area is 222 Å². The number of nitrogens with one attached hydrogen (secondary N) is 1. The summed E-state index contributed by atoms with van der Waals surface area (Å²) in [6, 6.07) is 27.3. The summed E-state index contributed by atoms with van der Waals surface area (Å²) in [5.74, 6) is -1.20. The maximum absolute atomic E-state index is 14.8. The number of amides is 1. The van der Waals surface area contributed by atoms with Crippen LogP contribution in [0.5, 0.6) is 5.75 Å². The average molecular weight is 533 g/mol. The Kier molecular flexibility index (Phi) is 8.55. The first-order valence-corrected chi connectivity index (χ1v) is 13.6. The first kappa shape index (κ1) is 27.0. The van der Waals surface area contributed by atoms with Gasteiger partial charge in [-0.05, 0) is 60.4 Å². The second kappa shape index (κ2) is 12.0. The molecule has 4 rings (SSSR count). The monoisotopic (exact) mass is 532 g/mol. The van der Waals surface area contributed by atoms with Gasteiger partial charge in [0.05, 0.1) is 23.3 Å². The molecule has 0 atom stereocenters. The van der Waals surface area contributed by atoms with E-state index in [1.54, 1.807) is 12.1 Å². The molecule has 0 bridgehead atoms. The zero-order chi connectivity index (χ0) is 27.1. The Morgan fingerprint density at radius 3 is 2.21 bits per heavy atom. The summed E-state index contributed by atoms with van der Waals surface area (Å²) in [4.78, 5) is 12.9. The predicted octanol–water partition coefficient (Wildman–Crippen LogP) is 5.83. The lowest BCUT2D eigenvalue weighted by atomic mass is 10.1. The molecule has 196 valence electrons. The van der Waals surface area contributed by atoms with E-state index >= 15 is 0 Å². The maximum atomic E-state index is 14.8. The van der Waals surface area contributed by atoms with E-state index in [4.69, 9.17) is 4.74 Å². The van der Waals surface area contributed by atoms with Gasteiger partial charge in [0.1, 0.15) is 11.6 Å². The van der Waals surface area contributed by atoms with Gasteiger partial charge >= 0.3 is 0 Å². The van der Waals surface area contributed by atoms with Crippen LogP contribution in [0.4, 0.5) is 10.1 Å². The number of carbonyl (C=O) groups is 1. The Morgan fingerprint density at radius 1 is 0.895 bits per heavy atom. The van der Waals surface area contributed by atoms with Gasteiger partial charge in [0.2, 0.25) is 10.0 Å². The van der Waals surface area contributed by atoms with Crippen molar-refractivity contribution < 1.29 is 22.3 Å². The first-order valence-electron chi connectivity index (χ1n) is 12.1. The van der Waals surface area contributed by atoms with Crippen molar-refractivity contribution in [1.82, 2.24) is 4.31 Å². The summed E-state index contributed by atoms with van der Waals surface area (Å²) in [7, 11) is -2.61. The van der Waals surface area contributed by atoms with E-state index < -0.39 is 21.7 Å². The number of rotatable bonds is 10. The molecule has 0 aliphatic heterocycles. The van der Waals surface area contributed by atoms with Crippen LogP contribution in [0.1, 0.15) is 27.0 Å². The molecule has 0 aliphatic carbocycles. The molecule has 0 aromatic heterocycles. The fourth-order valence-electron chi connectivity index (χ4n) is 4.07. The highest BCUT2D eigenvalue weighted by atomic mass is 32.2. The maximum Gasteiger partial charge on any atom is 0.258 e. The highest BCUT2D eigenvalue weighted by Crippen LogP contribution is 2.27. The summed E-state index contributed by atoms with van der Waals surface area (Å²) < 4.78 is 49.0. The number of nitrogens with zero attached hydrogens (tertiary/aromatic N) is 1. The zero-order valence-corrected chi connectivity index (χ0v) is 22.0. The molecule has 0 heterocycles. The van der Waals surface area contributed by atoms with Crippen molar-refractivity contribution in [3.63, 3.8) is 0 Å². The Bertz CT molecular complexity index is 1510. The molecular formula is C30H29FN2O4S. The van der Waals surface area contributed by atoms with Gasteiger partial charge in [-0.15, -0.1) is 0 Å². The molecule has 0 unspecified atom stereocenters. The van der Waals surface area contributed by atoms with Crippen molar-refractivity contribution >= 4 is 21.6 Å². The minimum absolute atomic E-state index is 0.134. The Hall–Kier alpha value is -4.01. The molecule has 4 aromatic rings. The molecule has 38 heavy (non-hydrogen) atoms. The van der Waals surface area contributed by atoms with Crippen LogP contribution in [0.2, 0.25) is 0 Å². The lowest BCUT2D eigenvalue weighted by molar-refractivity contribution is 0.102. The lowest BCUT2D eigenvalue weighted by Gasteiger charge is -2.23. The summed E-state index contributed by atoms with van der Waals surface area (Å²) in [6.07, 6.45) is 0.495. The van der Waals surface area contributed by atoms with Gasteiger partial charge in [0.15, 0.2) is 0 Å². The van der Waals surface area contributed by atoms with Gasteiger partial charge in [-0.3, -0.25) is 4.79 Å². The molecule has 0 fully saturated rings. The number of halogens is 1. The van der Waals surface area contributed by atoms with E-state index in [0.29, 0.717) is 17.9 Å². The minimum atomic E-state index is -4.07. The van der Waals surface area contributed by atoms with Crippen LogP contribution in [0.3, 0.4) is 0 Å². The van der Waals surface area contributed by atoms with Crippen LogP contribution in [-0.2, 0) is 23.0 Å². The van der Waals surface area contributed by atoms with Crippen molar-refractivity contribution in [1.29, 1.82) is 0 Å². The quantitative estimate of drug-likeness (QED) is 0.279. The predicted molar refractivity (Wildman–Crippen MR) is 146 cm³/mol. The van der Waals surface area contributed by atoms with Gasteiger partial charge in [0.25, 0.3) is 5.91 Å². The number of hydrogen-bond acceptors (Lipinski definition) is 4. The zero-order valence-electron chi connectivity index (χ0n) is 21.2. The van der Waals surface area contributed by atoms with Crippen molar-refractivity contribution in [2.75, 3.05) is 19.0 Å². The third kappa shape index (κ3) is 6.45. The van der Waals surface area contributed by atoms with Crippen LogP contribution >= 0.6 is 0 Å². The highest BCUT2D eigenvalue weighted by molar-refractivity contribution is 7.89. The van der Waals surface area contributed by atoms with E-state index in [0.717, 1.165) is 28.8 Å². The van der Waals surface area contributed by atoms with Gasteiger partial charge < -0.3 is 10.1 Å². The number of aryl methyl sites for hydroxylation is 1. The van der Waals surface area contributed by atoms with E-state index in [1.807, 2.05) is 73.7 Å². The number of carbonyl (C=O) groups excluding carboxylic acids is 1. The topological polar surface area (TPSA) is 75.7 Å². The van der Waals surface area contributed by atoms with Gasteiger partial charge in [-0.25, -0.2) is 12.8 Å². The van der Waals surface area contributed by atoms with E-state index in [1.165, 1.54) is 17.5 Å². The normalized spacial score (nSPS) is 11.4. The third-order valence-electron chi connectivity index (χ3n) is 6.12. The van der Waals surface area contributed by atoms with Crippen molar-refractivity contribution in [2.24, 2.45) is 0 Å². The lowest BCUT2D eigenvalue weighted by Crippen LogP contribution is -2.33. The standard InChI is InChI=1S/C30H29FN2O4S/c1-22-13-16-29(37-2)28(19-22)32-30(34)26-20-25(14-15-27(26)31)38(35,36)33(21-24-11-7-4-8-12-24)18-17-23-9-5-3-6-10-23/h3-16,19-20H,17-18,21H2,1-2H3,(H,32,34). The minimum Gasteiger partial charge on any atom is -0.495 e. The summed E-state index contributed by atoms with van der Waals surface area (Å²) >= 11 is 0. The third-order valence-corrected chi connectivity index (χ3v) is 7.96. The van der Waals surface area contributed by atoms with Crippen LogP contribution in [0.25, 0.3) is 0 Å². The number of hydrogen-bond donors (Lipinski definition) is 1. The van der Waals surface area contributed by atoms with Gasteiger partial charge in [0, 0.05) is 13.1 Å². The summed E-state index contributed by atoms with van der Waals surface area (Å²) in [5.41, 5.74) is 2.66. The number of ether oxygens (including phenoxy) is 1. The largest absolute Gasteiger partial charge is 0.495 e. The Balaban J connectivity index is 1.65. The van der Waals surface area contributed by atoms with E-state index in [2.05, 4.69) is 5.32 Å². The fraction of sp³-hybridized carbons (Fsp3) is 0.167. The summed E-state index contributed by atoms with van der Waals surface area (Å²) in [5, 5.41) is 2.64. The molecular weight excluding hydrogens is 503 g/mol. The van der Waals surface area contributed by atoms with Gasteiger partial charge in [-0.2, -0.15) is 4.31 Å². The Morgan fingerprint density at radius 2 is 1.55 bits per heavy atom.